The van der Waals surface area contributed by atoms with E-state index in [1.54, 1.807) is 26.0 Å². The summed E-state index contributed by atoms with van der Waals surface area (Å²) >= 11 is 9.48. The van der Waals surface area contributed by atoms with Crippen molar-refractivity contribution in [2.45, 2.75) is 39.8 Å². The molecule has 2 rings (SSSR count). The average molecular weight is 559 g/mol. The second-order valence-electron chi connectivity index (χ2n) is 7.82. The first-order valence-corrected chi connectivity index (χ1v) is 13.5. The summed E-state index contributed by atoms with van der Waals surface area (Å²) in [6.07, 6.45) is 1.80. The lowest BCUT2D eigenvalue weighted by molar-refractivity contribution is -0.139. The van der Waals surface area contributed by atoms with Crippen molar-refractivity contribution in [3.8, 4) is 0 Å². The molecule has 1 N–H and O–H groups in total. The molecule has 0 aliphatic heterocycles. The van der Waals surface area contributed by atoms with Gasteiger partial charge in [-0.3, -0.25) is 13.9 Å². The number of aryl methyl sites for hydroxylation is 1. The minimum Gasteiger partial charge on any atom is -0.354 e. The van der Waals surface area contributed by atoms with Gasteiger partial charge in [0.1, 0.15) is 12.6 Å². The second kappa shape index (κ2) is 11.9. The summed E-state index contributed by atoms with van der Waals surface area (Å²) in [5, 5.41) is 3.16. The summed E-state index contributed by atoms with van der Waals surface area (Å²) in [4.78, 5) is 27.5. The number of sulfonamides is 1. The summed E-state index contributed by atoms with van der Waals surface area (Å²) in [6, 6.07) is 11.4. The molecule has 0 bridgehead atoms. The molecule has 7 nitrogen and oxygen atoms in total. The van der Waals surface area contributed by atoms with Crippen LogP contribution in [0, 0.1) is 6.92 Å². The standard InChI is InChI=1S/C23H29BrClN3O4S/c1-5-12-26-23(30)17(3)27(14-18-7-9-19(24)10-8-18)22(29)15-28(33(4,31)32)21-13-20(25)11-6-16(21)2/h6-11,13,17H,5,12,14-15H2,1-4H3,(H,26,30)/t17-/m1/s1. The van der Waals surface area contributed by atoms with Crippen LogP contribution >= 0.6 is 27.5 Å². The van der Waals surface area contributed by atoms with Gasteiger partial charge in [0.05, 0.1) is 11.9 Å². The Morgan fingerprint density at radius 1 is 1.15 bits per heavy atom. The molecule has 0 unspecified atom stereocenters. The number of hydrogen-bond acceptors (Lipinski definition) is 4. The lowest BCUT2D eigenvalue weighted by atomic mass is 10.1. The molecule has 2 aromatic rings. The Kier molecular flexibility index (Phi) is 9.75. The molecule has 10 heteroatoms. The first-order chi connectivity index (χ1) is 15.4. The number of nitrogens with one attached hydrogen (secondary N) is 1. The number of nitrogens with zero attached hydrogens (tertiary/aromatic N) is 2. The lowest BCUT2D eigenvalue weighted by Gasteiger charge is -2.32. The molecule has 2 aromatic carbocycles. The molecule has 0 saturated carbocycles. The summed E-state index contributed by atoms with van der Waals surface area (Å²) in [7, 11) is -3.80. The van der Waals surface area contributed by atoms with E-state index in [-0.39, 0.29) is 12.5 Å². The average Bonchev–Trinajstić information content (AvgIpc) is 2.75. The molecule has 0 fully saturated rings. The third-order valence-corrected chi connectivity index (χ3v) is 6.99. The Hall–Kier alpha value is -2.10. The van der Waals surface area contributed by atoms with Crippen molar-refractivity contribution in [3.63, 3.8) is 0 Å². The molecule has 0 heterocycles. The summed E-state index contributed by atoms with van der Waals surface area (Å²) < 4.78 is 27.2. The molecular weight excluding hydrogens is 530 g/mol. The highest BCUT2D eigenvalue weighted by Gasteiger charge is 2.30. The van der Waals surface area contributed by atoms with Gasteiger partial charge in [-0.25, -0.2) is 8.42 Å². The van der Waals surface area contributed by atoms with Crippen LogP contribution in [0.2, 0.25) is 5.02 Å². The summed E-state index contributed by atoms with van der Waals surface area (Å²) in [5.74, 6) is -0.797. The van der Waals surface area contributed by atoms with Crippen molar-refractivity contribution in [2.24, 2.45) is 0 Å². The zero-order valence-electron chi connectivity index (χ0n) is 19.1. The van der Waals surface area contributed by atoms with E-state index in [1.807, 2.05) is 31.2 Å². The zero-order chi connectivity index (χ0) is 24.8. The van der Waals surface area contributed by atoms with Gasteiger partial charge in [0.15, 0.2) is 0 Å². The van der Waals surface area contributed by atoms with Crippen LogP contribution in [0.3, 0.4) is 0 Å². The highest BCUT2D eigenvalue weighted by molar-refractivity contribution is 9.10. The largest absolute Gasteiger partial charge is 0.354 e. The molecule has 0 radical (unpaired) electrons. The molecule has 0 spiro atoms. The molecule has 0 saturated heterocycles. The van der Waals surface area contributed by atoms with E-state index >= 15 is 0 Å². The monoisotopic (exact) mass is 557 g/mol. The number of hydrogen-bond donors (Lipinski definition) is 1. The van der Waals surface area contributed by atoms with Crippen molar-refractivity contribution >= 4 is 55.1 Å². The minimum atomic E-state index is -3.80. The number of carbonyl (C=O) groups excluding carboxylic acids is 2. The maximum absolute atomic E-state index is 13.5. The van der Waals surface area contributed by atoms with Crippen LogP contribution < -0.4 is 9.62 Å². The van der Waals surface area contributed by atoms with Crippen LogP contribution in [0.15, 0.2) is 46.9 Å². The molecule has 180 valence electrons. The van der Waals surface area contributed by atoms with E-state index in [9.17, 15) is 18.0 Å². The fourth-order valence-electron chi connectivity index (χ4n) is 3.21. The molecule has 2 amide bonds. The predicted molar refractivity (Wildman–Crippen MR) is 136 cm³/mol. The smallest absolute Gasteiger partial charge is 0.244 e. The van der Waals surface area contributed by atoms with Gasteiger partial charge in [0, 0.05) is 22.6 Å². The Morgan fingerprint density at radius 2 is 1.79 bits per heavy atom. The van der Waals surface area contributed by atoms with Crippen LogP contribution in [0.5, 0.6) is 0 Å². The number of benzene rings is 2. The molecule has 33 heavy (non-hydrogen) atoms. The van der Waals surface area contributed by atoms with E-state index in [4.69, 9.17) is 11.6 Å². The summed E-state index contributed by atoms with van der Waals surface area (Å²) in [6.45, 7) is 5.50. The minimum absolute atomic E-state index is 0.152. The van der Waals surface area contributed by atoms with Gasteiger partial charge < -0.3 is 10.2 Å². The van der Waals surface area contributed by atoms with E-state index in [0.29, 0.717) is 22.8 Å². The van der Waals surface area contributed by atoms with Crippen LogP contribution in [0.1, 0.15) is 31.4 Å². The number of carbonyl (C=O) groups is 2. The highest BCUT2D eigenvalue weighted by Crippen LogP contribution is 2.26. The number of amides is 2. The predicted octanol–water partition coefficient (Wildman–Crippen LogP) is 4.12. The molecule has 0 aliphatic carbocycles. The van der Waals surface area contributed by atoms with Crippen molar-refractivity contribution in [1.82, 2.24) is 10.2 Å². The number of rotatable bonds is 10. The topological polar surface area (TPSA) is 86.8 Å². The Labute approximate surface area is 209 Å². The quantitative estimate of drug-likeness (QED) is 0.475. The van der Waals surface area contributed by atoms with Gasteiger partial charge in [-0.2, -0.15) is 0 Å². The normalized spacial score (nSPS) is 12.2. The summed E-state index contributed by atoms with van der Waals surface area (Å²) in [5.41, 5.74) is 1.79. The van der Waals surface area contributed by atoms with E-state index in [0.717, 1.165) is 27.0 Å². The van der Waals surface area contributed by atoms with Crippen molar-refractivity contribution in [1.29, 1.82) is 0 Å². The Balaban J connectivity index is 2.40. The van der Waals surface area contributed by atoms with Gasteiger partial charge in [-0.1, -0.05) is 52.7 Å². The van der Waals surface area contributed by atoms with Crippen LogP contribution in [-0.4, -0.2) is 50.5 Å². The van der Waals surface area contributed by atoms with Gasteiger partial charge in [-0.15, -0.1) is 0 Å². The van der Waals surface area contributed by atoms with E-state index in [2.05, 4.69) is 21.2 Å². The lowest BCUT2D eigenvalue weighted by Crippen LogP contribution is -2.51. The Bertz CT molecular complexity index is 1090. The van der Waals surface area contributed by atoms with Crippen molar-refractivity contribution in [3.05, 3.63) is 63.1 Å². The molecule has 0 aromatic heterocycles. The highest BCUT2D eigenvalue weighted by atomic mass is 79.9. The molecule has 0 aliphatic rings. The Morgan fingerprint density at radius 3 is 2.36 bits per heavy atom. The van der Waals surface area contributed by atoms with Crippen molar-refractivity contribution in [2.75, 3.05) is 23.7 Å². The van der Waals surface area contributed by atoms with Crippen molar-refractivity contribution < 1.29 is 18.0 Å². The third-order valence-electron chi connectivity index (χ3n) is 5.10. The van der Waals surface area contributed by atoms with Gasteiger partial charge in [0.2, 0.25) is 21.8 Å². The molecular formula is C23H29BrClN3O4S. The first kappa shape index (κ1) is 27.1. The number of halogens is 2. The maximum Gasteiger partial charge on any atom is 0.244 e. The second-order valence-corrected chi connectivity index (χ2v) is 11.1. The van der Waals surface area contributed by atoms with Gasteiger partial charge in [0.25, 0.3) is 0 Å². The molecule has 1 atom stereocenters. The van der Waals surface area contributed by atoms with Gasteiger partial charge in [-0.05, 0) is 55.7 Å². The zero-order valence-corrected chi connectivity index (χ0v) is 22.3. The third kappa shape index (κ3) is 7.72. The van der Waals surface area contributed by atoms with E-state index in [1.165, 1.54) is 11.0 Å². The van der Waals surface area contributed by atoms with Crippen LogP contribution in [0.4, 0.5) is 5.69 Å². The van der Waals surface area contributed by atoms with E-state index < -0.39 is 28.5 Å². The van der Waals surface area contributed by atoms with Gasteiger partial charge >= 0.3 is 0 Å². The van der Waals surface area contributed by atoms with Crippen LogP contribution in [0.25, 0.3) is 0 Å². The fraction of sp³-hybridized carbons (Fsp3) is 0.391. The first-order valence-electron chi connectivity index (χ1n) is 10.5. The fourth-order valence-corrected chi connectivity index (χ4v) is 4.54. The number of anilines is 1. The maximum atomic E-state index is 13.5. The van der Waals surface area contributed by atoms with Crippen LogP contribution in [-0.2, 0) is 26.2 Å². The SMILES string of the molecule is CCCNC(=O)[C@@H](C)N(Cc1ccc(Br)cc1)C(=O)CN(c1cc(Cl)ccc1C)S(C)(=O)=O.